The first-order valence-corrected chi connectivity index (χ1v) is 7.51. The van der Waals surface area contributed by atoms with Gasteiger partial charge in [-0.25, -0.2) is 0 Å². The van der Waals surface area contributed by atoms with Crippen LogP contribution in [0.2, 0.25) is 0 Å². The van der Waals surface area contributed by atoms with E-state index in [1.165, 1.54) is 0 Å². The highest BCUT2D eigenvalue weighted by atomic mass is 16.2. The van der Waals surface area contributed by atoms with Gasteiger partial charge in [0.15, 0.2) is 0 Å². The van der Waals surface area contributed by atoms with Crippen LogP contribution in [0.15, 0.2) is 24.3 Å². The molecule has 0 aliphatic carbocycles. The molecule has 1 aromatic rings. The van der Waals surface area contributed by atoms with Gasteiger partial charge in [0.25, 0.3) is 5.91 Å². The zero-order valence-corrected chi connectivity index (χ0v) is 12.6. The minimum Gasteiger partial charge on any atom is -0.351 e. The smallest absolute Gasteiger partial charge is 0.251 e. The number of hydrogen-bond acceptors (Lipinski definition) is 4. The van der Waals surface area contributed by atoms with E-state index in [2.05, 4.69) is 16.0 Å². The summed E-state index contributed by atoms with van der Waals surface area (Å²) in [5.41, 5.74) is 1.53. The average Bonchev–Trinajstić information content (AvgIpc) is 2.82. The van der Waals surface area contributed by atoms with Crippen LogP contribution in [-0.2, 0) is 16.0 Å². The predicted octanol–water partition coefficient (Wildman–Crippen LogP) is 0.231. The molecule has 1 aliphatic heterocycles. The van der Waals surface area contributed by atoms with Crippen molar-refractivity contribution in [3.8, 4) is 0 Å². The quantitative estimate of drug-likeness (QED) is 0.497. The third-order valence-corrected chi connectivity index (χ3v) is 3.60. The Hall–Kier alpha value is -2.21. The van der Waals surface area contributed by atoms with Crippen LogP contribution in [-0.4, -0.2) is 37.4 Å². The maximum Gasteiger partial charge on any atom is 0.251 e. The average molecular weight is 303 g/mol. The lowest BCUT2D eigenvalue weighted by Crippen LogP contribution is -2.31. The van der Waals surface area contributed by atoms with E-state index in [0.717, 1.165) is 18.7 Å². The van der Waals surface area contributed by atoms with Crippen LogP contribution in [0.3, 0.4) is 0 Å². The monoisotopic (exact) mass is 303 g/mol. The minimum absolute atomic E-state index is 0.113. The Balaban J connectivity index is 1.86. The lowest BCUT2D eigenvalue weighted by Gasteiger charge is -2.08. The summed E-state index contributed by atoms with van der Waals surface area (Å²) in [6.45, 7) is 4.21. The number of hydrogen-bond donors (Lipinski definition) is 3. The first kappa shape index (κ1) is 16.2. The number of carbonyl (C=O) groups excluding carboxylic acids is 3. The van der Waals surface area contributed by atoms with E-state index in [9.17, 15) is 14.4 Å². The van der Waals surface area contributed by atoms with Crippen molar-refractivity contribution in [2.75, 3.05) is 19.6 Å². The number of likely N-dealkylation sites (N-methyl/N-ethyl adjacent to an activating group) is 1. The van der Waals surface area contributed by atoms with Gasteiger partial charge in [-0.2, -0.15) is 0 Å². The standard InChI is InChI=1S/C16H21N3O3/c1-2-17-7-8-18-15(21)12-5-3-11(4-6-12)9-13-10-14(20)19-16(13)22/h3-6,13,17H,2,7-10H2,1H3,(H,18,21)(H,19,20,22). The Morgan fingerprint density at radius 3 is 2.55 bits per heavy atom. The Bertz CT molecular complexity index is 554. The maximum absolute atomic E-state index is 11.9. The summed E-state index contributed by atoms with van der Waals surface area (Å²) in [5.74, 6) is -0.840. The molecule has 3 amide bonds. The molecule has 1 aromatic carbocycles. The van der Waals surface area contributed by atoms with Crippen molar-refractivity contribution >= 4 is 17.7 Å². The molecule has 1 aliphatic rings. The third kappa shape index (κ3) is 4.39. The minimum atomic E-state index is -0.299. The highest BCUT2D eigenvalue weighted by Crippen LogP contribution is 2.17. The van der Waals surface area contributed by atoms with Crippen LogP contribution in [0, 0.1) is 5.92 Å². The molecule has 0 aromatic heterocycles. The van der Waals surface area contributed by atoms with E-state index < -0.39 is 0 Å². The highest BCUT2D eigenvalue weighted by molar-refractivity contribution is 6.03. The predicted molar refractivity (Wildman–Crippen MR) is 82.3 cm³/mol. The Morgan fingerprint density at radius 2 is 1.95 bits per heavy atom. The fourth-order valence-electron chi connectivity index (χ4n) is 2.39. The van der Waals surface area contributed by atoms with Gasteiger partial charge in [-0.1, -0.05) is 19.1 Å². The molecule has 1 unspecified atom stereocenters. The number of benzene rings is 1. The van der Waals surface area contributed by atoms with Gasteiger partial charge in [-0.05, 0) is 30.7 Å². The maximum atomic E-state index is 11.9. The molecule has 1 saturated heterocycles. The van der Waals surface area contributed by atoms with E-state index in [0.29, 0.717) is 18.5 Å². The second-order valence-corrected chi connectivity index (χ2v) is 5.32. The van der Waals surface area contributed by atoms with E-state index in [1.807, 2.05) is 19.1 Å². The summed E-state index contributed by atoms with van der Waals surface area (Å²) in [4.78, 5) is 34.6. The molecule has 1 heterocycles. The molecule has 2 rings (SSSR count). The molecule has 6 nitrogen and oxygen atoms in total. The molecule has 22 heavy (non-hydrogen) atoms. The fourth-order valence-corrected chi connectivity index (χ4v) is 2.39. The second-order valence-electron chi connectivity index (χ2n) is 5.32. The summed E-state index contributed by atoms with van der Waals surface area (Å²) in [7, 11) is 0. The van der Waals surface area contributed by atoms with Crippen molar-refractivity contribution in [1.82, 2.24) is 16.0 Å². The van der Waals surface area contributed by atoms with Crippen LogP contribution in [0.4, 0.5) is 0 Å². The number of amides is 3. The Labute approximate surface area is 129 Å². The summed E-state index contributed by atoms with van der Waals surface area (Å²) >= 11 is 0. The molecule has 0 spiro atoms. The first-order valence-electron chi connectivity index (χ1n) is 7.51. The molecular formula is C16H21N3O3. The summed E-state index contributed by atoms with van der Waals surface area (Å²) in [5, 5.41) is 8.26. The number of imide groups is 1. The van der Waals surface area contributed by atoms with E-state index in [4.69, 9.17) is 0 Å². The van der Waals surface area contributed by atoms with E-state index in [1.54, 1.807) is 12.1 Å². The van der Waals surface area contributed by atoms with Crippen LogP contribution in [0.25, 0.3) is 0 Å². The molecular weight excluding hydrogens is 282 g/mol. The van der Waals surface area contributed by atoms with Crippen molar-refractivity contribution in [2.45, 2.75) is 19.8 Å². The van der Waals surface area contributed by atoms with Crippen LogP contribution >= 0.6 is 0 Å². The molecule has 3 N–H and O–H groups in total. The van der Waals surface area contributed by atoms with Crippen molar-refractivity contribution in [1.29, 1.82) is 0 Å². The van der Waals surface area contributed by atoms with Gasteiger partial charge in [-0.3, -0.25) is 19.7 Å². The zero-order valence-electron chi connectivity index (χ0n) is 12.6. The lowest BCUT2D eigenvalue weighted by molar-refractivity contribution is -0.125. The van der Waals surface area contributed by atoms with Gasteiger partial charge in [-0.15, -0.1) is 0 Å². The second kappa shape index (κ2) is 7.70. The summed E-state index contributed by atoms with van der Waals surface area (Å²) < 4.78 is 0. The van der Waals surface area contributed by atoms with Crippen molar-refractivity contribution < 1.29 is 14.4 Å². The van der Waals surface area contributed by atoms with Gasteiger partial charge in [0.2, 0.25) is 11.8 Å². The van der Waals surface area contributed by atoms with Gasteiger partial charge in [0.05, 0.1) is 5.92 Å². The van der Waals surface area contributed by atoms with Crippen LogP contribution in [0.1, 0.15) is 29.3 Å². The zero-order chi connectivity index (χ0) is 15.9. The molecule has 0 bridgehead atoms. The van der Waals surface area contributed by atoms with Gasteiger partial charge < -0.3 is 10.6 Å². The lowest BCUT2D eigenvalue weighted by atomic mass is 9.97. The van der Waals surface area contributed by atoms with Gasteiger partial charge in [0, 0.05) is 25.1 Å². The van der Waals surface area contributed by atoms with Crippen molar-refractivity contribution in [3.05, 3.63) is 35.4 Å². The molecule has 118 valence electrons. The normalized spacial score (nSPS) is 17.4. The molecule has 1 atom stereocenters. The molecule has 0 saturated carbocycles. The fraction of sp³-hybridized carbons (Fsp3) is 0.438. The largest absolute Gasteiger partial charge is 0.351 e. The van der Waals surface area contributed by atoms with Crippen molar-refractivity contribution in [3.63, 3.8) is 0 Å². The molecule has 1 fully saturated rings. The van der Waals surface area contributed by atoms with Crippen LogP contribution < -0.4 is 16.0 Å². The SMILES string of the molecule is CCNCCNC(=O)c1ccc(CC2CC(=O)NC2=O)cc1. The summed E-state index contributed by atoms with van der Waals surface area (Å²) in [6, 6.07) is 7.14. The van der Waals surface area contributed by atoms with E-state index in [-0.39, 0.29) is 30.1 Å². The van der Waals surface area contributed by atoms with Gasteiger partial charge in [0.1, 0.15) is 0 Å². The number of carbonyl (C=O) groups is 3. The summed E-state index contributed by atoms with van der Waals surface area (Å²) in [6.07, 6.45) is 0.755. The van der Waals surface area contributed by atoms with E-state index >= 15 is 0 Å². The topological polar surface area (TPSA) is 87.3 Å². The van der Waals surface area contributed by atoms with Gasteiger partial charge >= 0.3 is 0 Å². The third-order valence-electron chi connectivity index (χ3n) is 3.60. The first-order chi connectivity index (χ1) is 10.6. The number of nitrogens with one attached hydrogen (secondary N) is 3. The van der Waals surface area contributed by atoms with Crippen LogP contribution in [0.5, 0.6) is 0 Å². The Morgan fingerprint density at radius 1 is 1.23 bits per heavy atom. The number of rotatable bonds is 7. The highest BCUT2D eigenvalue weighted by Gasteiger charge is 2.30. The molecule has 6 heteroatoms. The van der Waals surface area contributed by atoms with Crippen molar-refractivity contribution in [2.24, 2.45) is 5.92 Å². The molecule has 0 radical (unpaired) electrons. The Kier molecular flexibility index (Phi) is 5.66.